The van der Waals surface area contributed by atoms with Crippen LogP contribution in [0.15, 0.2) is 78.9 Å². The Kier molecular flexibility index (Phi) is 6.95. The first kappa shape index (κ1) is 23.1. The number of carbonyl (C=O) groups excluding carboxylic acids is 1. The minimum atomic E-state index is -0.491. The maximum Gasteiger partial charge on any atom is 0.338 e. The number of fused-ring (bicyclic) bond motifs is 2. The van der Waals surface area contributed by atoms with E-state index in [-0.39, 0.29) is 6.61 Å². The molecule has 172 valence electrons. The predicted molar refractivity (Wildman–Crippen MR) is 134 cm³/mol. The molecule has 0 unspecified atom stereocenters. The van der Waals surface area contributed by atoms with Crippen LogP contribution in [0, 0.1) is 4.77 Å². The predicted octanol–water partition coefficient (Wildman–Crippen LogP) is 4.66. The molecular weight excluding hydrogens is 450 g/mol. The number of hydrogen-bond donors (Lipinski definition) is 3. The first-order valence-corrected chi connectivity index (χ1v) is 11.0. The molecule has 0 amide bonds. The number of aliphatic hydroxyl groups is 1. The minimum Gasteiger partial charge on any atom is -0.423 e. The zero-order chi connectivity index (χ0) is 24.1. The summed E-state index contributed by atoms with van der Waals surface area (Å²) >= 11 is 4.90. The van der Waals surface area contributed by atoms with Crippen LogP contribution in [0.25, 0.3) is 27.8 Å². The van der Waals surface area contributed by atoms with Gasteiger partial charge in [-0.15, -0.1) is 15.0 Å². The van der Waals surface area contributed by atoms with Gasteiger partial charge in [-0.3, -0.25) is 0 Å². The largest absolute Gasteiger partial charge is 0.423 e. The van der Waals surface area contributed by atoms with Crippen LogP contribution >= 0.6 is 12.2 Å². The molecule has 0 bridgehead atoms. The van der Waals surface area contributed by atoms with E-state index in [9.17, 15) is 9.90 Å². The van der Waals surface area contributed by atoms with E-state index in [0.29, 0.717) is 28.2 Å². The zero-order valence-corrected chi connectivity index (χ0v) is 19.3. The molecular formula is C25H23N5O3S. The Labute approximate surface area is 200 Å². The summed E-state index contributed by atoms with van der Waals surface area (Å²) in [5, 5.41) is 18.2. The second kappa shape index (κ2) is 10.2. The van der Waals surface area contributed by atoms with Crippen LogP contribution in [0.5, 0.6) is 5.75 Å². The quantitative estimate of drug-likeness (QED) is 0.148. The van der Waals surface area contributed by atoms with Crippen LogP contribution < -0.4 is 4.74 Å². The number of nitrogens with one attached hydrogen (secondary N) is 2. The highest BCUT2D eigenvalue weighted by Gasteiger charge is 2.13. The Morgan fingerprint density at radius 2 is 1.62 bits per heavy atom. The number of ether oxygens (including phenoxy) is 1. The van der Waals surface area contributed by atoms with Gasteiger partial charge >= 0.3 is 5.97 Å². The van der Waals surface area contributed by atoms with Crippen LogP contribution in [0.1, 0.15) is 12.5 Å². The lowest BCUT2D eigenvalue weighted by Crippen LogP contribution is -2.10. The number of benzene rings is 3. The third kappa shape index (κ3) is 5.28. The lowest BCUT2D eigenvalue weighted by atomic mass is 10.1. The Bertz CT molecular complexity index is 1460. The van der Waals surface area contributed by atoms with Crippen molar-refractivity contribution in [1.82, 2.24) is 25.0 Å². The monoisotopic (exact) mass is 473 g/mol. The molecule has 34 heavy (non-hydrogen) atoms. The molecule has 0 atom stereocenters. The van der Waals surface area contributed by atoms with Crippen molar-refractivity contribution in [2.45, 2.75) is 13.3 Å². The average molecular weight is 474 g/mol. The number of carbonyl (C=O) groups is 1. The molecule has 0 radical (unpaired) electrons. The Hall–Kier alpha value is -4.08. The van der Waals surface area contributed by atoms with Gasteiger partial charge in [0.25, 0.3) is 0 Å². The Morgan fingerprint density at radius 3 is 2.18 bits per heavy atom. The Morgan fingerprint density at radius 1 is 1.03 bits per heavy atom. The lowest BCUT2D eigenvalue weighted by Gasteiger charge is -2.10. The summed E-state index contributed by atoms with van der Waals surface area (Å²) in [6.07, 6.45) is 0.446. The minimum absolute atomic E-state index is 0.00130. The number of H-pyrrole nitrogens is 2. The van der Waals surface area contributed by atoms with Crippen LogP contribution in [-0.2, 0) is 11.2 Å². The van der Waals surface area contributed by atoms with E-state index in [1.807, 2.05) is 48.5 Å². The second-order valence-electron chi connectivity index (χ2n) is 7.54. The van der Waals surface area contributed by atoms with Crippen molar-refractivity contribution in [2.24, 2.45) is 0 Å². The van der Waals surface area contributed by atoms with Gasteiger partial charge < -0.3 is 19.8 Å². The molecule has 2 aromatic heterocycles. The van der Waals surface area contributed by atoms with Crippen LogP contribution in [-0.4, -0.2) is 42.6 Å². The fourth-order valence-corrected chi connectivity index (χ4v) is 3.48. The van der Waals surface area contributed by atoms with E-state index in [4.69, 9.17) is 17.0 Å². The number of aliphatic hydroxyl groups excluding tert-OH is 1. The van der Waals surface area contributed by atoms with Gasteiger partial charge in [-0.05, 0) is 61.5 Å². The van der Waals surface area contributed by atoms with E-state index in [2.05, 4.69) is 26.7 Å². The van der Waals surface area contributed by atoms with Crippen LogP contribution in [0.3, 0.4) is 0 Å². The van der Waals surface area contributed by atoms with E-state index in [0.717, 1.165) is 27.6 Å². The molecule has 8 nitrogen and oxygen atoms in total. The van der Waals surface area contributed by atoms with Crippen molar-refractivity contribution in [3.05, 3.63) is 89.2 Å². The number of esters is 1. The maximum atomic E-state index is 11.7. The van der Waals surface area contributed by atoms with Crippen molar-refractivity contribution < 1.29 is 14.6 Å². The van der Waals surface area contributed by atoms with Gasteiger partial charge in [0.1, 0.15) is 16.8 Å². The number of aromatic nitrogens is 5. The number of para-hydroxylation sites is 2. The number of nitrogens with zero attached hydrogens (tertiary/aromatic N) is 3. The van der Waals surface area contributed by atoms with Gasteiger partial charge in [0.15, 0.2) is 4.77 Å². The normalized spacial score (nSPS) is 10.6. The number of rotatable bonds is 5. The van der Waals surface area contributed by atoms with E-state index in [1.165, 1.54) is 4.80 Å². The van der Waals surface area contributed by atoms with Gasteiger partial charge in [-0.2, -0.15) is 0 Å². The summed E-state index contributed by atoms with van der Waals surface area (Å²) in [6.45, 7) is 5.16. The summed E-state index contributed by atoms with van der Waals surface area (Å²) in [5.74, 6) is -0.115. The van der Waals surface area contributed by atoms with Gasteiger partial charge in [-0.25, -0.2) is 4.79 Å². The summed E-state index contributed by atoms with van der Waals surface area (Å²) < 4.78 is 5.96. The number of aromatic amines is 2. The molecule has 3 aromatic carbocycles. The smallest absolute Gasteiger partial charge is 0.338 e. The van der Waals surface area contributed by atoms with E-state index < -0.39 is 5.97 Å². The van der Waals surface area contributed by atoms with Crippen molar-refractivity contribution in [1.29, 1.82) is 0 Å². The van der Waals surface area contributed by atoms with Gasteiger partial charge in [0.2, 0.25) is 0 Å². The molecule has 0 aliphatic heterocycles. The van der Waals surface area contributed by atoms with Crippen molar-refractivity contribution in [2.75, 3.05) is 6.61 Å². The topological polar surface area (TPSA) is 109 Å². The molecule has 5 rings (SSSR count). The molecule has 0 saturated carbocycles. The first-order valence-electron chi connectivity index (χ1n) is 10.6. The van der Waals surface area contributed by atoms with Crippen LogP contribution in [0.4, 0.5) is 0 Å². The summed E-state index contributed by atoms with van der Waals surface area (Å²) in [5.41, 5.74) is 5.48. The van der Waals surface area contributed by atoms with Gasteiger partial charge in [0, 0.05) is 18.2 Å². The average Bonchev–Trinajstić information content (AvgIpc) is 3.43. The second-order valence-corrected chi connectivity index (χ2v) is 7.95. The third-order valence-electron chi connectivity index (χ3n) is 4.92. The van der Waals surface area contributed by atoms with Gasteiger partial charge in [-0.1, -0.05) is 36.9 Å². The molecule has 2 heterocycles. The van der Waals surface area contributed by atoms with Crippen molar-refractivity contribution >= 4 is 40.3 Å². The molecule has 0 aliphatic carbocycles. The first-order chi connectivity index (χ1) is 16.4. The molecule has 0 aliphatic rings. The van der Waals surface area contributed by atoms with Crippen LogP contribution in [0.2, 0.25) is 0 Å². The molecule has 9 heteroatoms. The summed E-state index contributed by atoms with van der Waals surface area (Å²) in [4.78, 5) is 19.2. The SMILES string of the molecule is C=C(C)C(=O)Oc1ccc(CCO)c(-n2nc3ccccc3n2)c1.S=c1[nH]c2ccccc2[nH]1. The molecule has 0 spiro atoms. The number of hydrogen-bond acceptors (Lipinski definition) is 6. The highest BCUT2D eigenvalue weighted by Crippen LogP contribution is 2.23. The fourth-order valence-electron chi connectivity index (χ4n) is 3.26. The molecule has 0 saturated heterocycles. The highest BCUT2D eigenvalue weighted by atomic mass is 32.1. The van der Waals surface area contributed by atoms with E-state index in [1.54, 1.807) is 25.1 Å². The highest BCUT2D eigenvalue weighted by molar-refractivity contribution is 7.71. The number of imidazole rings is 1. The lowest BCUT2D eigenvalue weighted by molar-refractivity contribution is -0.130. The van der Waals surface area contributed by atoms with Crippen molar-refractivity contribution in [3.8, 4) is 11.4 Å². The summed E-state index contributed by atoms with van der Waals surface area (Å²) in [6, 6.07) is 20.6. The zero-order valence-electron chi connectivity index (χ0n) is 18.5. The summed E-state index contributed by atoms with van der Waals surface area (Å²) in [7, 11) is 0. The van der Waals surface area contributed by atoms with Gasteiger partial charge in [0.05, 0.1) is 16.7 Å². The fraction of sp³-hybridized carbons (Fsp3) is 0.120. The maximum absolute atomic E-state index is 11.7. The molecule has 5 aromatic rings. The third-order valence-corrected chi connectivity index (χ3v) is 5.13. The van der Waals surface area contributed by atoms with Crippen molar-refractivity contribution in [3.63, 3.8) is 0 Å². The standard InChI is InChI=1S/C18H17N3O3.C7H6N2S/c1-12(2)18(23)24-14-8-7-13(9-10-22)17(11-14)21-19-15-5-3-4-6-16(15)20-21;10-7-8-5-3-1-2-4-6(5)9-7/h3-8,11,22H,1,9-10H2,2H3;1-4H,(H2,8,9,10). The van der Waals surface area contributed by atoms with E-state index >= 15 is 0 Å². The Balaban J connectivity index is 0.000000226. The molecule has 3 N–H and O–H groups in total. The molecule has 0 fully saturated rings.